The van der Waals surface area contributed by atoms with E-state index in [0.717, 1.165) is 56.0 Å². The van der Waals surface area contributed by atoms with E-state index in [1.165, 1.54) is 6.07 Å². The number of H-pyrrole nitrogens is 1. The maximum Gasteiger partial charge on any atom is 0.460 e. The van der Waals surface area contributed by atoms with Crippen LogP contribution in [0.25, 0.3) is 11.5 Å². The molecule has 2 aromatic carbocycles. The minimum Gasteiger partial charge on any atom is -0.444 e. The van der Waals surface area contributed by atoms with Crippen molar-refractivity contribution in [3.8, 4) is 23.0 Å². The zero-order chi connectivity index (χ0) is 29.0. The first kappa shape index (κ1) is 27.2. The number of rotatable bonds is 7. The van der Waals surface area contributed by atoms with Gasteiger partial charge in [-0.3, -0.25) is 4.90 Å². The number of piperidine rings is 1. The first-order valence-corrected chi connectivity index (χ1v) is 14.6. The van der Waals surface area contributed by atoms with Gasteiger partial charge in [-0.2, -0.15) is 10.1 Å². The minimum absolute atomic E-state index is 0.154. The van der Waals surface area contributed by atoms with Crippen LogP contribution in [0.3, 0.4) is 0 Å². The standard InChI is InChI=1S/C30H31ClFN5O5/c1-17-26(28-34-29(38)42-35-28)33-25(37(17)15-20-10-13-39-20)16-36-11-8-18(9-12-36)21-4-3-5-24-27(21)41-30(2,40-24)22-7-6-19(31)14-23(22)32/h3-7,14,18,20H,8-13,15-16H2,1-2H3,(H,34,35,38)/t20-,30-/m0/s1. The second-order valence-corrected chi connectivity index (χ2v) is 11.7. The Morgan fingerprint density at radius 3 is 2.64 bits per heavy atom. The van der Waals surface area contributed by atoms with Gasteiger partial charge in [-0.1, -0.05) is 23.7 Å². The van der Waals surface area contributed by atoms with E-state index in [0.29, 0.717) is 46.7 Å². The van der Waals surface area contributed by atoms with Crippen molar-refractivity contribution in [2.75, 3.05) is 19.7 Å². The second-order valence-electron chi connectivity index (χ2n) is 11.3. The Bertz CT molecular complexity index is 1690. The summed E-state index contributed by atoms with van der Waals surface area (Å²) < 4.78 is 40.0. The Hall–Kier alpha value is -3.67. The van der Waals surface area contributed by atoms with Crippen LogP contribution in [0.15, 0.2) is 45.7 Å². The molecule has 0 bridgehead atoms. The number of para-hydroxylation sites is 1. The predicted octanol–water partition coefficient (Wildman–Crippen LogP) is 5.14. The number of fused-ring (bicyclic) bond motifs is 1. The fourth-order valence-electron chi connectivity index (χ4n) is 6.18. The van der Waals surface area contributed by atoms with Gasteiger partial charge in [-0.15, -0.1) is 0 Å². The summed E-state index contributed by atoms with van der Waals surface area (Å²) in [4.78, 5) is 22.7. The number of aromatic amines is 1. The van der Waals surface area contributed by atoms with Crippen molar-refractivity contribution in [1.82, 2.24) is 24.6 Å². The number of aromatic nitrogens is 4. The van der Waals surface area contributed by atoms with Crippen LogP contribution in [-0.2, 0) is 23.6 Å². The van der Waals surface area contributed by atoms with E-state index in [9.17, 15) is 9.18 Å². The normalized spacial score (nSPS) is 22.4. The van der Waals surface area contributed by atoms with Crippen molar-refractivity contribution < 1.29 is 23.1 Å². The van der Waals surface area contributed by atoms with E-state index in [2.05, 4.69) is 25.7 Å². The maximum atomic E-state index is 14.8. The van der Waals surface area contributed by atoms with Gasteiger partial charge in [0, 0.05) is 29.8 Å². The van der Waals surface area contributed by atoms with Gasteiger partial charge in [0.2, 0.25) is 0 Å². The molecule has 0 amide bonds. The Morgan fingerprint density at radius 1 is 1.14 bits per heavy atom. The third-order valence-corrected chi connectivity index (χ3v) is 8.80. The molecular weight excluding hydrogens is 565 g/mol. The van der Waals surface area contributed by atoms with Gasteiger partial charge in [0.05, 0.1) is 24.8 Å². The van der Waals surface area contributed by atoms with E-state index in [4.69, 9.17) is 35.3 Å². The highest BCUT2D eigenvalue weighted by Crippen LogP contribution is 2.49. The average molecular weight is 596 g/mol. The third-order valence-electron chi connectivity index (χ3n) is 8.57. The molecule has 2 fully saturated rings. The lowest BCUT2D eigenvalue weighted by Gasteiger charge is -2.33. The lowest BCUT2D eigenvalue weighted by molar-refractivity contribution is -0.0712. The van der Waals surface area contributed by atoms with Crippen LogP contribution in [0.5, 0.6) is 11.5 Å². The van der Waals surface area contributed by atoms with Crippen LogP contribution >= 0.6 is 11.6 Å². The SMILES string of the molecule is Cc1c(-c2nc(=O)o[nH]2)nc(CN2CCC(c3cccc4c3O[C@@](C)(c3ccc(Cl)cc3F)O4)CC2)n1C[C@@H]1CCO1. The fraction of sp³-hybridized carbons (Fsp3) is 0.433. The van der Waals surface area contributed by atoms with Gasteiger partial charge in [0.25, 0.3) is 5.79 Å². The van der Waals surface area contributed by atoms with Crippen LogP contribution in [0.2, 0.25) is 5.02 Å². The van der Waals surface area contributed by atoms with Crippen LogP contribution in [0, 0.1) is 12.7 Å². The molecule has 42 heavy (non-hydrogen) atoms. The van der Waals surface area contributed by atoms with Gasteiger partial charge in [-0.25, -0.2) is 14.2 Å². The average Bonchev–Trinajstić information content (AvgIpc) is 3.61. The molecule has 1 N–H and O–H groups in total. The molecule has 0 radical (unpaired) electrons. The van der Waals surface area contributed by atoms with Gasteiger partial charge in [-0.05, 0) is 69.5 Å². The number of nitrogens with zero attached hydrogens (tertiary/aromatic N) is 4. The van der Waals surface area contributed by atoms with Crippen molar-refractivity contribution in [1.29, 1.82) is 0 Å². The van der Waals surface area contributed by atoms with Crippen LogP contribution in [0.4, 0.5) is 4.39 Å². The van der Waals surface area contributed by atoms with E-state index < -0.39 is 17.4 Å². The molecule has 7 rings (SSSR count). The summed E-state index contributed by atoms with van der Waals surface area (Å²) in [5, 5.41) is 2.91. The van der Waals surface area contributed by atoms with E-state index in [1.54, 1.807) is 19.1 Å². The van der Waals surface area contributed by atoms with Crippen LogP contribution in [0.1, 0.15) is 54.7 Å². The second kappa shape index (κ2) is 10.6. The smallest absolute Gasteiger partial charge is 0.444 e. The van der Waals surface area contributed by atoms with E-state index in [1.807, 2.05) is 19.1 Å². The van der Waals surface area contributed by atoms with Crippen molar-refractivity contribution in [2.45, 2.75) is 64.0 Å². The first-order chi connectivity index (χ1) is 20.3. The summed E-state index contributed by atoms with van der Waals surface area (Å²) in [6, 6.07) is 10.4. The summed E-state index contributed by atoms with van der Waals surface area (Å²) in [7, 11) is 0. The Kier molecular flexibility index (Phi) is 6.83. The predicted molar refractivity (Wildman–Crippen MR) is 151 cm³/mol. The maximum absolute atomic E-state index is 14.8. The molecule has 4 aromatic rings. The highest BCUT2D eigenvalue weighted by molar-refractivity contribution is 6.30. The first-order valence-electron chi connectivity index (χ1n) is 14.2. The van der Waals surface area contributed by atoms with Gasteiger partial charge >= 0.3 is 5.76 Å². The van der Waals surface area contributed by atoms with E-state index >= 15 is 0 Å². The van der Waals surface area contributed by atoms with Crippen LogP contribution < -0.4 is 15.2 Å². The molecule has 5 heterocycles. The highest BCUT2D eigenvalue weighted by atomic mass is 35.5. The number of imidazole rings is 1. The van der Waals surface area contributed by atoms with E-state index in [-0.39, 0.29) is 12.0 Å². The number of ether oxygens (including phenoxy) is 3. The molecule has 0 unspecified atom stereocenters. The van der Waals surface area contributed by atoms with Gasteiger partial charge in [0.1, 0.15) is 17.3 Å². The summed E-state index contributed by atoms with van der Waals surface area (Å²) in [5.41, 5.74) is 2.90. The largest absolute Gasteiger partial charge is 0.460 e. The molecule has 0 saturated carbocycles. The molecule has 2 saturated heterocycles. The molecule has 0 spiro atoms. The Morgan fingerprint density at radius 2 is 1.95 bits per heavy atom. The topological polar surface area (TPSA) is 108 Å². The summed E-state index contributed by atoms with van der Waals surface area (Å²) in [6.45, 7) is 7.56. The molecular formula is C30H31ClFN5O5. The third kappa shape index (κ3) is 4.89. The number of hydrogen-bond donors (Lipinski definition) is 1. The zero-order valence-corrected chi connectivity index (χ0v) is 24.1. The summed E-state index contributed by atoms with van der Waals surface area (Å²) >= 11 is 5.97. The van der Waals surface area contributed by atoms with Crippen molar-refractivity contribution in [3.63, 3.8) is 0 Å². The van der Waals surface area contributed by atoms with Gasteiger partial charge < -0.3 is 23.3 Å². The zero-order valence-electron chi connectivity index (χ0n) is 23.4. The fourth-order valence-corrected chi connectivity index (χ4v) is 6.34. The monoisotopic (exact) mass is 595 g/mol. The lowest BCUT2D eigenvalue weighted by Crippen LogP contribution is -2.35. The molecule has 2 atom stereocenters. The number of nitrogens with one attached hydrogen (secondary N) is 1. The summed E-state index contributed by atoms with van der Waals surface area (Å²) in [6.07, 6.45) is 3.00. The highest BCUT2D eigenvalue weighted by Gasteiger charge is 2.43. The molecule has 3 aliphatic rings. The molecule has 2 aromatic heterocycles. The molecule has 10 nitrogen and oxygen atoms in total. The summed E-state index contributed by atoms with van der Waals surface area (Å²) in [5.74, 6) is 0.353. The van der Waals surface area contributed by atoms with Crippen LogP contribution in [-0.4, -0.2) is 50.4 Å². The number of benzene rings is 2. The minimum atomic E-state index is -1.28. The molecule has 220 valence electrons. The Labute approximate surface area is 246 Å². The van der Waals surface area contributed by atoms with Crippen molar-refractivity contribution in [3.05, 3.63) is 80.4 Å². The molecule has 3 aliphatic heterocycles. The number of hydrogen-bond acceptors (Lipinski definition) is 8. The van der Waals surface area contributed by atoms with Crippen molar-refractivity contribution in [2.24, 2.45) is 0 Å². The van der Waals surface area contributed by atoms with Crippen molar-refractivity contribution >= 4 is 11.6 Å². The molecule has 12 heteroatoms. The quantitative estimate of drug-likeness (QED) is 0.313. The number of halogens is 2. The Balaban J connectivity index is 1.07. The lowest BCUT2D eigenvalue weighted by atomic mass is 9.88. The number of likely N-dealkylation sites (tertiary alicyclic amines) is 1. The molecule has 0 aliphatic carbocycles. The van der Waals surface area contributed by atoms with Gasteiger partial charge in [0.15, 0.2) is 17.3 Å².